The summed E-state index contributed by atoms with van der Waals surface area (Å²) in [6.07, 6.45) is 5.76. The molecule has 0 saturated heterocycles. The Bertz CT molecular complexity index is 265. The summed E-state index contributed by atoms with van der Waals surface area (Å²) in [5.41, 5.74) is 5.83. The maximum absolute atomic E-state index is 5.83. The molecule has 1 nitrogen and oxygen atoms in total. The van der Waals surface area contributed by atoms with E-state index in [1.165, 1.54) is 36.3 Å². The number of thioether (sulfide) groups is 1. The van der Waals surface area contributed by atoms with Crippen molar-refractivity contribution in [3.05, 3.63) is 22.4 Å². The third-order valence-corrected chi connectivity index (χ3v) is 5.73. The van der Waals surface area contributed by atoms with E-state index < -0.39 is 0 Å². The van der Waals surface area contributed by atoms with Crippen molar-refractivity contribution in [2.75, 3.05) is 12.3 Å². The molecule has 0 aliphatic heterocycles. The predicted octanol–water partition coefficient (Wildman–Crippen LogP) is 3.67. The first-order chi connectivity index (χ1) is 7.40. The van der Waals surface area contributed by atoms with Gasteiger partial charge in [0.15, 0.2) is 0 Å². The zero-order valence-corrected chi connectivity index (χ0v) is 10.7. The fourth-order valence-electron chi connectivity index (χ4n) is 2.17. The summed E-state index contributed by atoms with van der Waals surface area (Å²) < 4.78 is 0. The summed E-state index contributed by atoms with van der Waals surface area (Å²) in [6.45, 7) is 0.776. The highest BCUT2D eigenvalue weighted by Gasteiger charge is 2.18. The van der Waals surface area contributed by atoms with Crippen LogP contribution in [0.25, 0.3) is 0 Å². The van der Waals surface area contributed by atoms with Crippen LogP contribution in [-0.4, -0.2) is 12.3 Å². The summed E-state index contributed by atoms with van der Waals surface area (Å²) in [5, 5.41) is 2.68. The molecule has 1 aliphatic carbocycles. The van der Waals surface area contributed by atoms with E-state index >= 15 is 0 Å². The highest BCUT2D eigenvalue weighted by molar-refractivity contribution is 7.99. The summed E-state index contributed by atoms with van der Waals surface area (Å²) in [6, 6.07) is 4.34. The molecule has 0 bridgehead atoms. The van der Waals surface area contributed by atoms with Crippen molar-refractivity contribution in [3.8, 4) is 0 Å². The Morgan fingerprint density at radius 2 is 2.27 bits per heavy atom. The number of thiophene rings is 1. The smallest absolute Gasteiger partial charge is 0.0513 e. The number of hydrogen-bond acceptors (Lipinski definition) is 3. The number of rotatable bonds is 5. The fourth-order valence-corrected chi connectivity index (χ4v) is 4.48. The lowest BCUT2D eigenvalue weighted by Gasteiger charge is -2.15. The normalized spacial score (nSPS) is 19.5. The van der Waals surface area contributed by atoms with Gasteiger partial charge in [-0.15, -0.1) is 11.3 Å². The Labute approximate surface area is 100 Å². The van der Waals surface area contributed by atoms with Crippen LogP contribution in [0, 0.1) is 5.92 Å². The third kappa shape index (κ3) is 3.23. The second kappa shape index (κ2) is 5.92. The average molecular weight is 241 g/mol. The third-order valence-electron chi connectivity index (χ3n) is 3.08. The second-order valence-corrected chi connectivity index (χ2v) is 6.44. The van der Waals surface area contributed by atoms with Gasteiger partial charge in [0.1, 0.15) is 0 Å². The lowest BCUT2D eigenvalue weighted by molar-refractivity contribution is 0.622. The molecule has 1 aromatic rings. The molecule has 15 heavy (non-hydrogen) atoms. The minimum Gasteiger partial charge on any atom is -0.329 e. The standard InChI is InChI=1S/C12H19NS2/c13-8-12(11-6-3-7-14-11)15-9-10-4-1-2-5-10/h3,6-7,10,12H,1-2,4-5,8-9,13H2. The highest BCUT2D eigenvalue weighted by atomic mass is 32.2. The summed E-state index contributed by atoms with van der Waals surface area (Å²) in [7, 11) is 0. The summed E-state index contributed by atoms with van der Waals surface area (Å²) in [5.74, 6) is 2.27. The molecule has 1 saturated carbocycles. The van der Waals surface area contributed by atoms with Crippen molar-refractivity contribution in [3.63, 3.8) is 0 Å². The fraction of sp³-hybridized carbons (Fsp3) is 0.667. The van der Waals surface area contributed by atoms with E-state index in [9.17, 15) is 0 Å². The van der Waals surface area contributed by atoms with E-state index in [-0.39, 0.29) is 0 Å². The van der Waals surface area contributed by atoms with Crippen LogP contribution >= 0.6 is 23.1 Å². The van der Waals surface area contributed by atoms with Gasteiger partial charge in [0, 0.05) is 11.4 Å². The van der Waals surface area contributed by atoms with Crippen LogP contribution in [0.1, 0.15) is 35.8 Å². The van der Waals surface area contributed by atoms with Gasteiger partial charge in [0.2, 0.25) is 0 Å². The van der Waals surface area contributed by atoms with Crippen LogP contribution in [0.5, 0.6) is 0 Å². The minimum absolute atomic E-state index is 0.533. The van der Waals surface area contributed by atoms with Gasteiger partial charge < -0.3 is 5.73 Å². The van der Waals surface area contributed by atoms with Crippen molar-refractivity contribution in [1.82, 2.24) is 0 Å². The van der Waals surface area contributed by atoms with Gasteiger partial charge in [0.25, 0.3) is 0 Å². The summed E-state index contributed by atoms with van der Waals surface area (Å²) in [4.78, 5) is 1.44. The van der Waals surface area contributed by atoms with E-state index in [1.54, 1.807) is 0 Å². The molecule has 1 aromatic heterocycles. The Kier molecular flexibility index (Phi) is 4.54. The van der Waals surface area contributed by atoms with Crippen molar-refractivity contribution in [1.29, 1.82) is 0 Å². The minimum atomic E-state index is 0.533. The maximum Gasteiger partial charge on any atom is 0.0513 e. The van der Waals surface area contributed by atoms with Gasteiger partial charge in [-0.05, 0) is 36.0 Å². The molecule has 2 N–H and O–H groups in total. The molecular weight excluding hydrogens is 222 g/mol. The molecule has 2 rings (SSSR count). The molecule has 1 aliphatic rings. The van der Waals surface area contributed by atoms with E-state index in [1.807, 2.05) is 11.3 Å². The van der Waals surface area contributed by atoms with Gasteiger partial charge in [-0.1, -0.05) is 18.9 Å². The lowest BCUT2D eigenvalue weighted by atomic mass is 10.1. The zero-order valence-electron chi connectivity index (χ0n) is 9.02. The van der Waals surface area contributed by atoms with Crippen LogP contribution < -0.4 is 5.73 Å². The number of nitrogens with two attached hydrogens (primary N) is 1. The molecule has 3 heteroatoms. The van der Waals surface area contributed by atoms with Crippen molar-refractivity contribution >= 4 is 23.1 Å². The van der Waals surface area contributed by atoms with Crippen LogP contribution in [0.4, 0.5) is 0 Å². The Balaban J connectivity index is 1.80. The first-order valence-electron chi connectivity index (χ1n) is 5.75. The molecule has 0 aromatic carbocycles. The monoisotopic (exact) mass is 241 g/mol. The summed E-state index contributed by atoms with van der Waals surface area (Å²) >= 11 is 3.90. The second-order valence-electron chi connectivity index (χ2n) is 4.22. The first kappa shape index (κ1) is 11.5. The Morgan fingerprint density at radius 3 is 2.87 bits per heavy atom. The van der Waals surface area contributed by atoms with E-state index in [0.717, 1.165) is 12.5 Å². The molecule has 84 valence electrons. The molecule has 0 radical (unpaired) electrons. The Morgan fingerprint density at radius 1 is 1.47 bits per heavy atom. The van der Waals surface area contributed by atoms with Gasteiger partial charge >= 0.3 is 0 Å². The lowest BCUT2D eigenvalue weighted by Crippen LogP contribution is -2.10. The molecule has 0 amide bonds. The molecule has 0 spiro atoms. The van der Waals surface area contributed by atoms with Gasteiger partial charge in [-0.25, -0.2) is 0 Å². The quantitative estimate of drug-likeness (QED) is 0.851. The van der Waals surface area contributed by atoms with Crippen molar-refractivity contribution in [2.24, 2.45) is 11.7 Å². The van der Waals surface area contributed by atoms with Gasteiger partial charge in [0.05, 0.1) is 5.25 Å². The number of hydrogen-bond donors (Lipinski definition) is 1. The molecule has 1 atom stereocenters. The Hall–Kier alpha value is 0.01000. The van der Waals surface area contributed by atoms with Crippen LogP contribution in [0.15, 0.2) is 17.5 Å². The van der Waals surface area contributed by atoms with Crippen molar-refractivity contribution in [2.45, 2.75) is 30.9 Å². The topological polar surface area (TPSA) is 26.0 Å². The maximum atomic E-state index is 5.83. The van der Waals surface area contributed by atoms with E-state index in [4.69, 9.17) is 5.73 Å². The van der Waals surface area contributed by atoms with Crippen LogP contribution in [0.3, 0.4) is 0 Å². The average Bonchev–Trinajstić information content (AvgIpc) is 2.90. The zero-order chi connectivity index (χ0) is 10.5. The van der Waals surface area contributed by atoms with Gasteiger partial charge in [-0.3, -0.25) is 0 Å². The SMILES string of the molecule is NCC(SCC1CCCC1)c1cccs1. The predicted molar refractivity (Wildman–Crippen MR) is 70.5 cm³/mol. The van der Waals surface area contributed by atoms with Crippen LogP contribution in [0.2, 0.25) is 0 Å². The largest absolute Gasteiger partial charge is 0.329 e. The molecule has 1 heterocycles. The molecule has 1 unspecified atom stereocenters. The van der Waals surface area contributed by atoms with E-state index in [2.05, 4.69) is 29.3 Å². The first-order valence-corrected chi connectivity index (χ1v) is 7.68. The highest BCUT2D eigenvalue weighted by Crippen LogP contribution is 2.36. The van der Waals surface area contributed by atoms with Gasteiger partial charge in [-0.2, -0.15) is 11.8 Å². The van der Waals surface area contributed by atoms with Crippen molar-refractivity contribution < 1.29 is 0 Å². The molecular formula is C12H19NS2. The van der Waals surface area contributed by atoms with E-state index in [0.29, 0.717) is 5.25 Å². The van der Waals surface area contributed by atoms with Crippen LogP contribution in [-0.2, 0) is 0 Å². The molecule has 1 fully saturated rings.